The Labute approximate surface area is 226 Å². The quantitative estimate of drug-likeness (QED) is 0.511. The van der Waals surface area contributed by atoms with Crippen molar-refractivity contribution in [2.45, 2.75) is 24.9 Å². The molecule has 0 N–H and O–H groups in total. The molecule has 0 bridgehead atoms. The molecule has 3 aromatic rings. The van der Waals surface area contributed by atoms with Crippen molar-refractivity contribution in [2.75, 3.05) is 44.3 Å². The van der Waals surface area contributed by atoms with Gasteiger partial charge in [0.2, 0.25) is 5.95 Å². The van der Waals surface area contributed by atoms with Gasteiger partial charge in [0.25, 0.3) is 0 Å². The Morgan fingerprint density at radius 1 is 0.897 bits per heavy atom. The third-order valence-corrected chi connectivity index (χ3v) is 7.67. The first kappa shape index (κ1) is 23.9. The lowest BCUT2D eigenvalue weighted by molar-refractivity contribution is 0.122. The maximum Gasteiger partial charge on any atom is 0.225 e. The van der Waals surface area contributed by atoms with E-state index < -0.39 is 0 Å². The van der Waals surface area contributed by atoms with E-state index in [-0.39, 0.29) is 17.9 Å². The highest BCUT2D eigenvalue weighted by Gasteiger charge is 2.35. The van der Waals surface area contributed by atoms with Crippen molar-refractivity contribution in [3.63, 3.8) is 0 Å². The second-order valence-electron chi connectivity index (χ2n) is 10.1. The lowest BCUT2D eigenvalue weighted by Gasteiger charge is -2.31. The molecule has 2 fully saturated rings. The van der Waals surface area contributed by atoms with Gasteiger partial charge in [-0.2, -0.15) is 5.10 Å². The molecule has 0 spiro atoms. The number of benzene rings is 1. The molecule has 0 amide bonds. The van der Waals surface area contributed by atoms with Crippen LogP contribution in [0, 0.1) is 5.82 Å². The standard InChI is InChI=1S/C29H29FN8O/c30-22-5-1-4-20(16-22)25-8-3-11-37(25)28-10-9-27-31-19-26(38(27)35-28)24-7-2-6-23(34-24)21-17-32-29(33-18-21)36-12-14-39-15-13-36/h1-2,4-7,9-10,16-18,25-26H,3,8,11-15,19H2. The van der Waals surface area contributed by atoms with Crippen LogP contribution in [0.5, 0.6) is 0 Å². The van der Waals surface area contributed by atoms with Crippen LogP contribution in [0.25, 0.3) is 11.3 Å². The van der Waals surface area contributed by atoms with Crippen LogP contribution >= 0.6 is 0 Å². The molecule has 0 aliphatic carbocycles. The summed E-state index contributed by atoms with van der Waals surface area (Å²) in [6.45, 7) is 4.43. The molecule has 4 aliphatic heterocycles. The summed E-state index contributed by atoms with van der Waals surface area (Å²) >= 11 is 0. The van der Waals surface area contributed by atoms with Crippen LogP contribution in [0.4, 0.5) is 10.3 Å². The Morgan fingerprint density at radius 2 is 1.72 bits per heavy atom. The van der Waals surface area contributed by atoms with E-state index in [1.807, 2.05) is 53.8 Å². The fourth-order valence-electron chi connectivity index (χ4n) is 5.68. The van der Waals surface area contributed by atoms with Crippen LogP contribution < -0.4 is 4.90 Å². The number of aliphatic imine (C=N–C) groups is 1. The summed E-state index contributed by atoms with van der Waals surface area (Å²) < 4.78 is 19.4. The molecule has 198 valence electrons. The second-order valence-corrected chi connectivity index (χ2v) is 10.1. The topological polar surface area (TPSA) is 82.3 Å². The van der Waals surface area contributed by atoms with Crippen LogP contribution in [-0.2, 0) is 4.74 Å². The first-order valence-electron chi connectivity index (χ1n) is 13.5. The Balaban J connectivity index is 1.12. The number of hydrogen-bond donors (Lipinski definition) is 0. The maximum absolute atomic E-state index is 14.0. The molecule has 7 rings (SSSR count). The molecule has 4 aliphatic rings. The number of halogens is 1. The Kier molecular flexibility index (Phi) is 6.24. The van der Waals surface area contributed by atoms with Crippen LogP contribution in [0.1, 0.15) is 36.2 Å². The predicted octanol–water partition coefficient (Wildman–Crippen LogP) is 3.99. The van der Waals surface area contributed by atoms with E-state index in [9.17, 15) is 4.39 Å². The lowest BCUT2D eigenvalue weighted by atomic mass is 10.0. The normalized spacial score (nSPS) is 22.6. The monoisotopic (exact) mass is 524 g/mol. The fraction of sp³-hybridized carbons (Fsp3) is 0.345. The van der Waals surface area contributed by atoms with Crippen LogP contribution in [0.15, 0.2) is 77.1 Å². The zero-order valence-corrected chi connectivity index (χ0v) is 21.5. The van der Waals surface area contributed by atoms with Crippen LogP contribution in [0.2, 0.25) is 0 Å². The summed E-state index contributed by atoms with van der Waals surface area (Å²) in [5, 5.41) is 7.00. The number of aromatic nitrogens is 3. The maximum atomic E-state index is 14.0. The molecule has 1 aromatic carbocycles. The van der Waals surface area contributed by atoms with Crippen molar-refractivity contribution >= 4 is 17.6 Å². The van der Waals surface area contributed by atoms with Gasteiger partial charge in [0.15, 0.2) is 0 Å². The minimum absolute atomic E-state index is 0.102. The van der Waals surface area contributed by atoms with Gasteiger partial charge in [0.05, 0.1) is 37.2 Å². The first-order valence-corrected chi connectivity index (χ1v) is 13.5. The summed E-state index contributed by atoms with van der Waals surface area (Å²) in [4.78, 5) is 23.3. The average Bonchev–Trinajstić information content (AvgIpc) is 3.65. The SMILES string of the molecule is Fc1cccc(C2CCCN2C2=NN3C(=NCC3c3cccc(-c4cnc(N5CCOCC5)nc4)n3)C=C2)c1. The number of morpholine rings is 1. The first-order chi connectivity index (χ1) is 19.2. The molecule has 39 heavy (non-hydrogen) atoms. The van der Waals surface area contributed by atoms with E-state index in [1.54, 1.807) is 12.1 Å². The average molecular weight is 525 g/mol. The van der Waals surface area contributed by atoms with E-state index in [0.717, 1.165) is 66.7 Å². The van der Waals surface area contributed by atoms with Crippen molar-refractivity contribution in [1.82, 2.24) is 24.9 Å². The van der Waals surface area contributed by atoms with E-state index in [1.165, 1.54) is 6.07 Å². The van der Waals surface area contributed by atoms with Crippen molar-refractivity contribution < 1.29 is 9.13 Å². The summed E-state index contributed by atoms with van der Waals surface area (Å²) in [6.07, 6.45) is 9.71. The van der Waals surface area contributed by atoms with Gasteiger partial charge < -0.3 is 14.5 Å². The molecule has 9 nitrogen and oxygen atoms in total. The number of nitrogens with zero attached hydrogens (tertiary/aromatic N) is 8. The molecule has 0 radical (unpaired) electrons. The van der Waals surface area contributed by atoms with Gasteiger partial charge >= 0.3 is 0 Å². The number of pyridine rings is 1. The zero-order valence-electron chi connectivity index (χ0n) is 21.5. The third-order valence-electron chi connectivity index (χ3n) is 7.67. The molecule has 10 heteroatoms. The number of hydrazone groups is 1. The van der Waals surface area contributed by atoms with E-state index in [4.69, 9.17) is 19.8 Å². The van der Waals surface area contributed by atoms with Gasteiger partial charge in [-0.25, -0.2) is 19.4 Å². The van der Waals surface area contributed by atoms with Crippen molar-refractivity contribution in [2.24, 2.45) is 10.1 Å². The van der Waals surface area contributed by atoms with Gasteiger partial charge in [0, 0.05) is 37.6 Å². The highest BCUT2D eigenvalue weighted by Crippen LogP contribution is 2.35. The van der Waals surface area contributed by atoms with Crippen molar-refractivity contribution in [3.8, 4) is 11.3 Å². The number of hydrogen-bond acceptors (Lipinski definition) is 9. The summed E-state index contributed by atoms with van der Waals surface area (Å²) in [5.41, 5.74) is 3.56. The molecule has 0 saturated carbocycles. The number of anilines is 1. The largest absolute Gasteiger partial charge is 0.378 e. The third kappa shape index (κ3) is 4.65. The molecule has 2 atom stereocenters. The predicted molar refractivity (Wildman–Crippen MR) is 147 cm³/mol. The number of ether oxygens (including phenoxy) is 1. The summed E-state index contributed by atoms with van der Waals surface area (Å²) in [5.74, 6) is 2.21. The van der Waals surface area contributed by atoms with Crippen LogP contribution in [0.3, 0.4) is 0 Å². The highest BCUT2D eigenvalue weighted by atomic mass is 19.1. The highest BCUT2D eigenvalue weighted by molar-refractivity contribution is 6.06. The molecular weight excluding hydrogens is 495 g/mol. The molecule has 2 aromatic heterocycles. The lowest BCUT2D eigenvalue weighted by Crippen LogP contribution is -2.37. The van der Waals surface area contributed by atoms with Gasteiger partial charge in [-0.05, 0) is 54.8 Å². The Morgan fingerprint density at radius 3 is 2.56 bits per heavy atom. The number of likely N-dealkylation sites (tertiary alicyclic amines) is 1. The molecule has 2 unspecified atom stereocenters. The minimum atomic E-state index is -0.207. The fourth-order valence-corrected chi connectivity index (χ4v) is 5.68. The van der Waals surface area contributed by atoms with Crippen molar-refractivity contribution in [3.05, 3.63) is 84.1 Å². The number of fused-ring (bicyclic) bond motifs is 1. The molecule has 2 saturated heterocycles. The van der Waals surface area contributed by atoms with Gasteiger partial charge in [-0.1, -0.05) is 18.2 Å². The second kappa shape index (κ2) is 10.2. The Hall–Kier alpha value is -4.18. The summed E-state index contributed by atoms with van der Waals surface area (Å²) in [7, 11) is 0. The molecule has 6 heterocycles. The minimum Gasteiger partial charge on any atom is -0.378 e. The van der Waals surface area contributed by atoms with Crippen molar-refractivity contribution in [1.29, 1.82) is 0 Å². The Bertz CT molecular complexity index is 1450. The molecular formula is C29H29FN8O. The van der Waals surface area contributed by atoms with E-state index >= 15 is 0 Å². The van der Waals surface area contributed by atoms with Gasteiger partial charge in [0.1, 0.15) is 23.5 Å². The smallest absolute Gasteiger partial charge is 0.225 e. The summed E-state index contributed by atoms with van der Waals surface area (Å²) in [6, 6.07) is 12.9. The van der Waals surface area contributed by atoms with Crippen LogP contribution in [-0.4, -0.2) is 75.9 Å². The van der Waals surface area contributed by atoms with Gasteiger partial charge in [-0.3, -0.25) is 9.98 Å². The zero-order chi connectivity index (χ0) is 26.2. The van der Waals surface area contributed by atoms with Gasteiger partial charge in [-0.15, -0.1) is 0 Å². The number of amidine groups is 2. The number of rotatable bonds is 4. The van der Waals surface area contributed by atoms with E-state index in [0.29, 0.717) is 25.7 Å². The van der Waals surface area contributed by atoms with E-state index in [2.05, 4.69) is 19.8 Å².